The van der Waals surface area contributed by atoms with Crippen molar-refractivity contribution in [2.24, 2.45) is 5.73 Å². The summed E-state index contributed by atoms with van der Waals surface area (Å²) in [5, 5.41) is 13.3. The number of nitrogens with two attached hydrogens (primary N) is 1. The normalized spacial score (nSPS) is 13.0. The summed E-state index contributed by atoms with van der Waals surface area (Å²) >= 11 is 1.75. The predicted octanol–water partition coefficient (Wildman–Crippen LogP) is 1.09. The van der Waals surface area contributed by atoms with Gasteiger partial charge in [-0.2, -0.15) is 16.7 Å². The molecule has 0 saturated carbocycles. The average Bonchev–Trinajstić information content (AvgIpc) is 2.67. The first-order valence-electron chi connectivity index (χ1n) is 5.06. The molecule has 0 amide bonds. The van der Waals surface area contributed by atoms with E-state index in [-0.39, 0.29) is 5.89 Å². The number of aliphatic hydroxyl groups excluding tert-OH is 1. The molecule has 1 heterocycles. The molecule has 0 aromatic carbocycles. The lowest BCUT2D eigenvalue weighted by molar-refractivity contribution is 0.127. The van der Waals surface area contributed by atoms with Gasteiger partial charge in [-0.3, -0.25) is 0 Å². The fraction of sp³-hybridized carbons (Fsp3) is 0.778. The zero-order valence-corrected chi connectivity index (χ0v) is 9.66. The third kappa shape index (κ3) is 4.19. The Morgan fingerprint density at radius 2 is 2.40 bits per heavy atom. The number of aromatic nitrogens is 2. The van der Waals surface area contributed by atoms with Crippen molar-refractivity contribution in [2.75, 3.05) is 12.3 Å². The molecule has 1 atom stereocenters. The number of hydrogen-bond donors (Lipinski definition) is 2. The third-order valence-corrected chi connectivity index (χ3v) is 2.95. The number of rotatable bonds is 7. The molecule has 86 valence electrons. The van der Waals surface area contributed by atoms with Gasteiger partial charge in [-0.25, -0.2) is 0 Å². The van der Waals surface area contributed by atoms with Crippen LogP contribution in [0.3, 0.4) is 0 Å². The van der Waals surface area contributed by atoms with Crippen LogP contribution in [0.25, 0.3) is 0 Å². The van der Waals surface area contributed by atoms with Gasteiger partial charge in [0, 0.05) is 0 Å². The van der Waals surface area contributed by atoms with Crippen LogP contribution >= 0.6 is 11.8 Å². The highest BCUT2D eigenvalue weighted by atomic mass is 32.2. The fourth-order valence-electron chi connectivity index (χ4n) is 1.05. The maximum atomic E-state index is 9.52. The van der Waals surface area contributed by atoms with Gasteiger partial charge >= 0.3 is 0 Å². The first-order chi connectivity index (χ1) is 7.27. The van der Waals surface area contributed by atoms with Crippen molar-refractivity contribution in [1.29, 1.82) is 0 Å². The van der Waals surface area contributed by atoms with Crippen LogP contribution < -0.4 is 5.73 Å². The molecule has 0 aliphatic heterocycles. The maximum Gasteiger partial charge on any atom is 0.255 e. The molecule has 0 unspecified atom stereocenters. The summed E-state index contributed by atoms with van der Waals surface area (Å²) in [6, 6.07) is 0. The number of nitrogens with zero attached hydrogens (tertiary/aromatic N) is 2. The van der Waals surface area contributed by atoms with Gasteiger partial charge in [-0.1, -0.05) is 12.1 Å². The molecular formula is C9H17N3O2S. The van der Waals surface area contributed by atoms with Crippen molar-refractivity contribution >= 4 is 11.8 Å². The Hall–Kier alpha value is -0.590. The van der Waals surface area contributed by atoms with Gasteiger partial charge in [0.15, 0.2) is 5.82 Å². The monoisotopic (exact) mass is 231 g/mol. The van der Waals surface area contributed by atoms with Gasteiger partial charge in [0.1, 0.15) is 6.10 Å². The van der Waals surface area contributed by atoms with E-state index in [1.807, 2.05) is 0 Å². The quantitative estimate of drug-likeness (QED) is 0.683. The Morgan fingerprint density at radius 3 is 3.07 bits per heavy atom. The first kappa shape index (κ1) is 12.5. The molecule has 0 saturated heterocycles. The topological polar surface area (TPSA) is 85.2 Å². The molecule has 6 heteroatoms. The Labute approximate surface area is 93.4 Å². The molecule has 5 nitrogen and oxygen atoms in total. The van der Waals surface area contributed by atoms with Gasteiger partial charge in [-0.05, 0) is 25.1 Å². The fourth-order valence-corrected chi connectivity index (χ4v) is 1.78. The lowest BCUT2D eigenvalue weighted by atomic mass is 10.2. The SMILES string of the molecule is CCCSCc1noc([C@@H](O)CCN)n1. The minimum absolute atomic E-state index is 0.271. The molecule has 0 bridgehead atoms. The smallest absolute Gasteiger partial charge is 0.255 e. The van der Waals surface area contributed by atoms with Crippen LogP contribution in [0.5, 0.6) is 0 Å². The molecule has 0 fully saturated rings. The van der Waals surface area contributed by atoms with E-state index in [4.69, 9.17) is 10.3 Å². The third-order valence-electron chi connectivity index (χ3n) is 1.79. The van der Waals surface area contributed by atoms with Gasteiger partial charge in [0.05, 0.1) is 5.75 Å². The van der Waals surface area contributed by atoms with Crippen molar-refractivity contribution in [3.05, 3.63) is 11.7 Å². The van der Waals surface area contributed by atoms with Crippen molar-refractivity contribution in [3.63, 3.8) is 0 Å². The molecule has 0 radical (unpaired) electrons. The van der Waals surface area contributed by atoms with Crippen molar-refractivity contribution in [2.45, 2.75) is 31.6 Å². The standard InChI is InChI=1S/C9H17N3O2S/c1-2-5-15-6-8-11-9(14-12-8)7(13)3-4-10/h7,13H,2-6,10H2,1H3/t7-/m0/s1. The van der Waals surface area contributed by atoms with E-state index in [0.29, 0.717) is 18.8 Å². The molecule has 1 rings (SSSR count). The molecule has 0 spiro atoms. The van der Waals surface area contributed by atoms with E-state index >= 15 is 0 Å². The molecule has 0 aliphatic rings. The van der Waals surface area contributed by atoms with Gasteiger partial charge < -0.3 is 15.4 Å². The average molecular weight is 231 g/mol. The second kappa shape index (κ2) is 6.81. The van der Waals surface area contributed by atoms with E-state index in [1.54, 1.807) is 11.8 Å². The molecule has 1 aromatic heterocycles. The molecular weight excluding hydrogens is 214 g/mol. The van der Waals surface area contributed by atoms with Crippen molar-refractivity contribution < 1.29 is 9.63 Å². The first-order valence-corrected chi connectivity index (χ1v) is 6.21. The van der Waals surface area contributed by atoms with Crippen molar-refractivity contribution in [3.8, 4) is 0 Å². The van der Waals surface area contributed by atoms with E-state index in [1.165, 1.54) is 0 Å². The Kier molecular flexibility index (Phi) is 5.67. The van der Waals surface area contributed by atoms with Crippen LogP contribution in [0.1, 0.15) is 37.6 Å². The summed E-state index contributed by atoms with van der Waals surface area (Å²) in [4.78, 5) is 4.10. The zero-order valence-electron chi connectivity index (χ0n) is 8.85. The van der Waals surface area contributed by atoms with E-state index < -0.39 is 6.10 Å². The van der Waals surface area contributed by atoms with Crippen LogP contribution in [0.2, 0.25) is 0 Å². The summed E-state index contributed by atoms with van der Waals surface area (Å²) in [6.45, 7) is 2.53. The highest BCUT2D eigenvalue weighted by molar-refractivity contribution is 7.98. The Bertz CT molecular complexity index is 280. The van der Waals surface area contributed by atoms with Crippen molar-refractivity contribution in [1.82, 2.24) is 10.1 Å². The maximum absolute atomic E-state index is 9.52. The number of hydrogen-bond acceptors (Lipinski definition) is 6. The Morgan fingerprint density at radius 1 is 1.60 bits per heavy atom. The zero-order chi connectivity index (χ0) is 11.1. The minimum Gasteiger partial charge on any atom is -0.383 e. The summed E-state index contributed by atoms with van der Waals surface area (Å²) in [5.41, 5.74) is 5.32. The van der Waals surface area contributed by atoms with E-state index in [2.05, 4.69) is 17.1 Å². The van der Waals surface area contributed by atoms with Gasteiger partial charge in [0.2, 0.25) is 0 Å². The lowest BCUT2D eigenvalue weighted by Crippen LogP contribution is -2.06. The second-order valence-electron chi connectivity index (χ2n) is 3.19. The second-order valence-corrected chi connectivity index (χ2v) is 4.30. The van der Waals surface area contributed by atoms with Crippen LogP contribution in [-0.4, -0.2) is 27.5 Å². The summed E-state index contributed by atoms with van der Waals surface area (Å²) in [7, 11) is 0. The largest absolute Gasteiger partial charge is 0.383 e. The molecule has 1 aromatic rings. The molecule has 0 aliphatic carbocycles. The highest BCUT2D eigenvalue weighted by Gasteiger charge is 2.14. The molecule has 15 heavy (non-hydrogen) atoms. The Balaban J connectivity index is 2.41. The van der Waals surface area contributed by atoms with E-state index in [9.17, 15) is 5.11 Å². The summed E-state index contributed by atoms with van der Waals surface area (Å²) in [6.07, 6.45) is 0.849. The minimum atomic E-state index is -0.729. The number of aliphatic hydroxyl groups is 1. The summed E-state index contributed by atoms with van der Waals surface area (Å²) < 4.78 is 4.93. The number of thioether (sulfide) groups is 1. The molecule has 3 N–H and O–H groups in total. The predicted molar refractivity (Wildman–Crippen MR) is 59.4 cm³/mol. The highest BCUT2D eigenvalue weighted by Crippen LogP contribution is 2.16. The van der Waals surface area contributed by atoms with Crippen LogP contribution in [0, 0.1) is 0 Å². The van der Waals surface area contributed by atoms with Crippen LogP contribution in [0.15, 0.2) is 4.52 Å². The van der Waals surface area contributed by atoms with E-state index in [0.717, 1.165) is 17.9 Å². The lowest BCUT2D eigenvalue weighted by Gasteiger charge is -2.00. The van der Waals surface area contributed by atoms with Crippen LogP contribution in [0.4, 0.5) is 0 Å². The van der Waals surface area contributed by atoms with Crippen LogP contribution in [-0.2, 0) is 5.75 Å². The summed E-state index contributed by atoms with van der Waals surface area (Å²) in [5.74, 6) is 2.72. The van der Waals surface area contributed by atoms with Gasteiger partial charge in [0.25, 0.3) is 5.89 Å². The van der Waals surface area contributed by atoms with Gasteiger partial charge in [-0.15, -0.1) is 0 Å².